The summed E-state index contributed by atoms with van der Waals surface area (Å²) in [4.78, 5) is 35.0. The predicted molar refractivity (Wildman–Crippen MR) is 132 cm³/mol. The van der Waals surface area contributed by atoms with Crippen molar-refractivity contribution in [2.75, 3.05) is 32.5 Å². The van der Waals surface area contributed by atoms with Crippen molar-refractivity contribution in [1.82, 2.24) is 20.2 Å². The number of aliphatic hydroxyl groups excluding tert-OH is 1. The topological polar surface area (TPSA) is 131 Å². The lowest BCUT2D eigenvalue weighted by Gasteiger charge is -2.30. The zero-order chi connectivity index (χ0) is 25.7. The summed E-state index contributed by atoms with van der Waals surface area (Å²) in [7, 11) is 1.36. The van der Waals surface area contributed by atoms with Crippen LogP contribution >= 0.6 is 0 Å². The lowest BCUT2D eigenvalue weighted by molar-refractivity contribution is 0.0912. The van der Waals surface area contributed by atoms with Gasteiger partial charge in [-0.05, 0) is 30.5 Å². The van der Waals surface area contributed by atoms with Crippen LogP contribution in [-0.2, 0) is 4.74 Å². The molecular weight excluding hydrogens is 465 g/mol. The minimum absolute atomic E-state index is 0.0704. The number of amides is 2. The van der Waals surface area contributed by atoms with Gasteiger partial charge in [0, 0.05) is 24.6 Å². The van der Waals surface area contributed by atoms with E-state index in [2.05, 4.69) is 15.3 Å². The number of carbonyl (C=O) groups excluding carboxylic acids is 2. The van der Waals surface area contributed by atoms with Crippen LogP contribution in [-0.4, -0.2) is 58.8 Å². The van der Waals surface area contributed by atoms with Gasteiger partial charge >= 0.3 is 6.09 Å². The van der Waals surface area contributed by atoms with E-state index in [0.29, 0.717) is 48.4 Å². The van der Waals surface area contributed by atoms with Gasteiger partial charge in [0.2, 0.25) is 0 Å². The molecule has 1 aliphatic heterocycles. The van der Waals surface area contributed by atoms with Crippen molar-refractivity contribution in [2.45, 2.75) is 24.8 Å². The van der Waals surface area contributed by atoms with Crippen molar-refractivity contribution < 1.29 is 23.8 Å². The molecule has 2 heterocycles. The molecule has 0 aliphatic carbocycles. The molecule has 1 aliphatic rings. The second kappa shape index (κ2) is 11.1. The van der Waals surface area contributed by atoms with E-state index in [-0.39, 0.29) is 30.0 Å². The molecule has 36 heavy (non-hydrogen) atoms. The summed E-state index contributed by atoms with van der Waals surface area (Å²) in [5, 5.41) is 12.4. The molecule has 1 fully saturated rings. The second-order valence-corrected chi connectivity index (χ2v) is 8.57. The van der Waals surface area contributed by atoms with Crippen LogP contribution in [0.25, 0.3) is 11.3 Å². The Morgan fingerprint density at radius 2 is 1.94 bits per heavy atom. The Kier molecular flexibility index (Phi) is 7.74. The summed E-state index contributed by atoms with van der Waals surface area (Å²) in [5.41, 5.74) is 8.03. The summed E-state index contributed by atoms with van der Waals surface area (Å²) in [6, 6.07) is 12.4. The highest BCUT2D eigenvalue weighted by molar-refractivity contribution is 5.95. The lowest BCUT2D eigenvalue weighted by atomic mass is 9.93. The molecule has 188 valence electrons. The van der Waals surface area contributed by atoms with Crippen LogP contribution in [0.2, 0.25) is 0 Å². The zero-order valence-corrected chi connectivity index (χ0v) is 19.9. The molecule has 2 amide bonds. The van der Waals surface area contributed by atoms with Gasteiger partial charge in [0.25, 0.3) is 5.91 Å². The van der Waals surface area contributed by atoms with E-state index in [1.165, 1.54) is 19.2 Å². The van der Waals surface area contributed by atoms with Crippen LogP contribution in [0.3, 0.4) is 0 Å². The molecule has 3 aromatic rings. The number of benzene rings is 2. The van der Waals surface area contributed by atoms with E-state index < -0.39 is 17.8 Å². The zero-order valence-electron chi connectivity index (χ0n) is 19.9. The van der Waals surface area contributed by atoms with Crippen molar-refractivity contribution in [3.63, 3.8) is 0 Å². The first-order valence-electron chi connectivity index (χ1n) is 11.6. The summed E-state index contributed by atoms with van der Waals surface area (Å²) in [5.74, 6) is -1.17. The predicted octanol–water partition coefficient (Wildman–Crippen LogP) is 3.27. The van der Waals surface area contributed by atoms with Crippen molar-refractivity contribution in [2.24, 2.45) is 0 Å². The van der Waals surface area contributed by atoms with Crippen molar-refractivity contribution >= 4 is 17.8 Å². The number of aliphatic hydroxyl groups is 1. The number of piperidine rings is 1. The number of halogens is 1. The molecule has 0 bridgehead atoms. The number of rotatable bonds is 6. The Labute approximate surface area is 208 Å². The standard InChI is InChI=1S/C26H28FN5O4/c1-36-26(35)32-11-9-17(10-12-32)21-14-29-24(28)23(30-21)18-7-8-19(20(27)13-18)25(34)31-22(15-33)16-5-3-2-4-6-16/h2-8,13-14,17,22,33H,9-12,15H2,1H3,(H2,28,29)(H,31,34). The Morgan fingerprint density at radius 1 is 1.22 bits per heavy atom. The summed E-state index contributed by atoms with van der Waals surface area (Å²) in [6.07, 6.45) is 2.63. The number of anilines is 1. The third-order valence-corrected chi connectivity index (χ3v) is 6.34. The highest BCUT2D eigenvalue weighted by atomic mass is 19.1. The van der Waals surface area contributed by atoms with E-state index in [4.69, 9.17) is 10.5 Å². The maximum absolute atomic E-state index is 15.0. The molecule has 0 radical (unpaired) electrons. The molecule has 10 heteroatoms. The first kappa shape index (κ1) is 25.1. The van der Waals surface area contributed by atoms with Crippen LogP contribution in [0.1, 0.15) is 46.4 Å². The molecule has 1 atom stereocenters. The molecule has 0 spiro atoms. The summed E-state index contributed by atoms with van der Waals surface area (Å²) in [6.45, 7) is 0.747. The average molecular weight is 494 g/mol. The largest absolute Gasteiger partial charge is 0.453 e. The average Bonchev–Trinajstić information content (AvgIpc) is 2.92. The van der Waals surface area contributed by atoms with Crippen LogP contribution in [0.4, 0.5) is 15.0 Å². The fourth-order valence-electron chi connectivity index (χ4n) is 4.31. The third-order valence-electron chi connectivity index (χ3n) is 6.34. The number of hydrogen-bond donors (Lipinski definition) is 3. The number of carbonyl (C=O) groups is 2. The maximum Gasteiger partial charge on any atom is 0.409 e. The normalized spacial score (nSPS) is 14.8. The van der Waals surface area contributed by atoms with E-state index in [1.54, 1.807) is 41.4 Å². The molecular formula is C26H28FN5O4. The number of nitrogens with two attached hydrogens (primary N) is 1. The van der Waals surface area contributed by atoms with Gasteiger partial charge in [-0.1, -0.05) is 36.4 Å². The SMILES string of the molecule is COC(=O)N1CCC(c2cnc(N)c(-c3ccc(C(=O)NC(CO)c4ccccc4)c(F)c3)n2)CC1. The minimum Gasteiger partial charge on any atom is -0.453 e. The molecule has 2 aromatic carbocycles. The Hall–Kier alpha value is -4.05. The number of nitrogen functional groups attached to an aromatic ring is 1. The van der Waals surface area contributed by atoms with Gasteiger partial charge in [-0.25, -0.2) is 19.2 Å². The number of hydrogen-bond acceptors (Lipinski definition) is 7. The van der Waals surface area contributed by atoms with Crippen LogP contribution in [0.15, 0.2) is 54.7 Å². The van der Waals surface area contributed by atoms with Crippen molar-refractivity contribution in [3.05, 3.63) is 77.4 Å². The van der Waals surface area contributed by atoms with Crippen LogP contribution in [0.5, 0.6) is 0 Å². The quantitative estimate of drug-likeness (QED) is 0.480. The number of methoxy groups -OCH3 is 1. The second-order valence-electron chi connectivity index (χ2n) is 8.57. The van der Waals surface area contributed by atoms with E-state index in [9.17, 15) is 14.7 Å². The van der Waals surface area contributed by atoms with Crippen molar-refractivity contribution in [1.29, 1.82) is 0 Å². The number of nitrogens with one attached hydrogen (secondary N) is 1. The first-order valence-corrected chi connectivity index (χ1v) is 11.6. The molecule has 1 aromatic heterocycles. The molecule has 9 nitrogen and oxygen atoms in total. The number of nitrogens with zero attached hydrogens (tertiary/aromatic N) is 3. The van der Waals surface area contributed by atoms with Gasteiger partial charge in [0.1, 0.15) is 17.3 Å². The fourth-order valence-corrected chi connectivity index (χ4v) is 4.31. The van der Waals surface area contributed by atoms with Gasteiger partial charge in [-0.15, -0.1) is 0 Å². The number of likely N-dealkylation sites (tertiary alicyclic amines) is 1. The fraction of sp³-hybridized carbons (Fsp3) is 0.308. The van der Waals surface area contributed by atoms with Gasteiger partial charge in [0.05, 0.1) is 37.2 Å². The van der Waals surface area contributed by atoms with Gasteiger partial charge in [0.15, 0.2) is 0 Å². The van der Waals surface area contributed by atoms with Crippen LogP contribution in [0, 0.1) is 5.82 Å². The van der Waals surface area contributed by atoms with E-state index >= 15 is 4.39 Å². The monoisotopic (exact) mass is 493 g/mol. The molecule has 4 N–H and O–H groups in total. The van der Waals surface area contributed by atoms with Crippen LogP contribution < -0.4 is 11.1 Å². The Morgan fingerprint density at radius 3 is 2.58 bits per heavy atom. The van der Waals surface area contributed by atoms with E-state index in [0.717, 1.165) is 0 Å². The van der Waals surface area contributed by atoms with Crippen molar-refractivity contribution in [3.8, 4) is 11.3 Å². The minimum atomic E-state index is -0.743. The van der Waals surface area contributed by atoms with Gasteiger partial charge in [-0.2, -0.15) is 0 Å². The molecule has 4 rings (SSSR count). The Balaban J connectivity index is 1.51. The molecule has 0 saturated carbocycles. The molecule has 1 unspecified atom stereocenters. The maximum atomic E-state index is 15.0. The lowest BCUT2D eigenvalue weighted by Crippen LogP contribution is -2.37. The third kappa shape index (κ3) is 5.44. The first-order chi connectivity index (χ1) is 17.4. The van der Waals surface area contributed by atoms with Gasteiger partial charge < -0.3 is 25.8 Å². The summed E-state index contributed by atoms with van der Waals surface area (Å²) < 4.78 is 19.8. The molecule has 1 saturated heterocycles. The highest BCUT2D eigenvalue weighted by Crippen LogP contribution is 2.31. The smallest absolute Gasteiger partial charge is 0.409 e. The number of aromatic nitrogens is 2. The Bertz CT molecular complexity index is 1230. The van der Waals surface area contributed by atoms with E-state index in [1.807, 2.05) is 6.07 Å². The summed E-state index contributed by atoms with van der Waals surface area (Å²) >= 11 is 0. The highest BCUT2D eigenvalue weighted by Gasteiger charge is 2.26. The van der Waals surface area contributed by atoms with Gasteiger partial charge in [-0.3, -0.25) is 4.79 Å². The number of ether oxygens (including phenoxy) is 1.